The van der Waals surface area contributed by atoms with Gasteiger partial charge in [0.2, 0.25) is 0 Å². The summed E-state index contributed by atoms with van der Waals surface area (Å²) in [6.45, 7) is 0. The van der Waals surface area contributed by atoms with Crippen LogP contribution < -0.4 is 0 Å². The van der Waals surface area contributed by atoms with Crippen molar-refractivity contribution in [2.75, 3.05) is 0 Å². The summed E-state index contributed by atoms with van der Waals surface area (Å²) < 4.78 is 0. The van der Waals surface area contributed by atoms with E-state index in [-0.39, 0.29) is 0 Å². The van der Waals surface area contributed by atoms with E-state index in [9.17, 15) is 5.11 Å². The first-order valence-corrected chi connectivity index (χ1v) is 3.32. The predicted molar refractivity (Wildman–Crippen MR) is 31.7 cm³/mol. The standard InChI is InChI=1S/C6H12O3/c7-6(9-8)4-2-1-3-5-6/h7-8H,1-5H2. The first-order valence-electron chi connectivity index (χ1n) is 3.32. The zero-order chi connectivity index (χ0) is 6.74. The summed E-state index contributed by atoms with van der Waals surface area (Å²) in [4.78, 5) is 3.93. The van der Waals surface area contributed by atoms with Crippen molar-refractivity contribution in [1.82, 2.24) is 0 Å². The van der Waals surface area contributed by atoms with E-state index in [0.29, 0.717) is 12.8 Å². The molecular weight excluding hydrogens is 120 g/mol. The molecule has 1 saturated carbocycles. The van der Waals surface area contributed by atoms with Gasteiger partial charge in [0.15, 0.2) is 5.79 Å². The molecule has 0 aliphatic heterocycles. The van der Waals surface area contributed by atoms with Crippen molar-refractivity contribution in [2.45, 2.75) is 37.9 Å². The summed E-state index contributed by atoms with van der Waals surface area (Å²) in [5.74, 6) is -1.22. The molecule has 0 aromatic heterocycles. The molecule has 2 N–H and O–H groups in total. The smallest absolute Gasteiger partial charge is 0.198 e. The van der Waals surface area contributed by atoms with Crippen LogP contribution in [0.1, 0.15) is 32.1 Å². The van der Waals surface area contributed by atoms with Gasteiger partial charge in [0.05, 0.1) is 0 Å². The van der Waals surface area contributed by atoms with Crippen molar-refractivity contribution in [1.29, 1.82) is 0 Å². The molecule has 0 aromatic carbocycles. The van der Waals surface area contributed by atoms with Crippen molar-refractivity contribution in [3.63, 3.8) is 0 Å². The van der Waals surface area contributed by atoms with Crippen molar-refractivity contribution in [2.24, 2.45) is 0 Å². The molecule has 0 radical (unpaired) electrons. The molecule has 1 aliphatic rings. The first kappa shape index (κ1) is 6.99. The molecule has 0 aromatic rings. The third-order valence-corrected chi connectivity index (χ3v) is 1.80. The van der Waals surface area contributed by atoms with Crippen LogP contribution in [-0.2, 0) is 4.89 Å². The van der Waals surface area contributed by atoms with Gasteiger partial charge in [-0.25, -0.2) is 10.1 Å². The molecule has 3 heteroatoms. The number of hydrogen-bond acceptors (Lipinski definition) is 3. The number of aliphatic hydroxyl groups is 1. The highest BCUT2D eigenvalue weighted by molar-refractivity contribution is 4.70. The van der Waals surface area contributed by atoms with Crippen LogP contribution in [0.3, 0.4) is 0 Å². The minimum Gasteiger partial charge on any atom is -0.363 e. The fraction of sp³-hybridized carbons (Fsp3) is 1.00. The topological polar surface area (TPSA) is 49.7 Å². The van der Waals surface area contributed by atoms with Gasteiger partial charge < -0.3 is 5.11 Å². The van der Waals surface area contributed by atoms with Gasteiger partial charge in [-0.2, -0.15) is 0 Å². The third kappa shape index (κ3) is 1.64. The van der Waals surface area contributed by atoms with Crippen molar-refractivity contribution in [3.05, 3.63) is 0 Å². The van der Waals surface area contributed by atoms with E-state index < -0.39 is 5.79 Å². The van der Waals surface area contributed by atoms with E-state index in [1.165, 1.54) is 0 Å². The van der Waals surface area contributed by atoms with Gasteiger partial charge in [0.25, 0.3) is 0 Å². The molecule has 0 saturated heterocycles. The largest absolute Gasteiger partial charge is 0.363 e. The Morgan fingerprint density at radius 2 is 1.67 bits per heavy atom. The minimum absolute atomic E-state index is 0.559. The van der Waals surface area contributed by atoms with Gasteiger partial charge in [-0.15, -0.1) is 0 Å². The van der Waals surface area contributed by atoms with Crippen LogP contribution in [0.4, 0.5) is 0 Å². The van der Waals surface area contributed by atoms with Crippen LogP contribution in [0, 0.1) is 0 Å². The molecule has 1 rings (SSSR count). The van der Waals surface area contributed by atoms with Crippen LogP contribution in [0.15, 0.2) is 0 Å². The van der Waals surface area contributed by atoms with Crippen molar-refractivity contribution in [3.8, 4) is 0 Å². The summed E-state index contributed by atoms with van der Waals surface area (Å²) in [5.41, 5.74) is 0. The number of hydrogen-bond donors (Lipinski definition) is 2. The van der Waals surface area contributed by atoms with E-state index >= 15 is 0 Å². The molecule has 3 nitrogen and oxygen atoms in total. The average Bonchev–Trinajstić information content (AvgIpc) is 1.90. The molecule has 9 heavy (non-hydrogen) atoms. The Morgan fingerprint density at radius 3 is 2.00 bits per heavy atom. The van der Waals surface area contributed by atoms with Crippen LogP contribution in [-0.4, -0.2) is 16.2 Å². The maximum atomic E-state index is 9.21. The molecule has 0 amide bonds. The van der Waals surface area contributed by atoms with Crippen molar-refractivity contribution >= 4 is 0 Å². The Bertz CT molecular complexity index is 86.3. The zero-order valence-electron chi connectivity index (χ0n) is 5.34. The average molecular weight is 132 g/mol. The lowest BCUT2D eigenvalue weighted by atomic mass is 9.95. The Morgan fingerprint density at radius 1 is 1.11 bits per heavy atom. The maximum Gasteiger partial charge on any atom is 0.198 e. The lowest BCUT2D eigenvalue weighted by Gasteiger charge is -2.27. The highest BCUT2D eigenvalue weighted by atomic mass is 17.1. The normalized spacial score (nSPS) is 26.0. The van der Waals surface area contributed by atoms with Crippen LogP contribution in [0.2, 0.25) is 0 Å². The van der Waals surface area contributed by atoms with E-state index in [4.69, 9.17) is 5.26 Å². The molecule has 0 atom stereocenters. The molecule has 1 aliphatic carbocycles. The summed E-state index contributed by atoms with van der Waals surface area (Å²) in [6.07, 6.45) is 4.13. The summed E-state index contributed by atoms with van der Waals surface area (Å²) in [6, 6.07) is 0. The summed E-state index contributed by atoms with van der Waals surface area (Å²) in [7, 11) is 0. The predicted octanol–water partition coefficient (Wildman–Crippen LogP) is 1.13. The lowest BCUT2D eigenvalue weighted by Crippen LogP contribution is -2.33. The van der Waals surface area contributed by atoms with E-state index in [2.05, 4.69) is 4.89 Å². The summed E-state index contributed by atoms with van der Waals surface area (Å²) in [5, 5.41) is 17.4. The Kier molecular flexibility index (Phi) is 2.05. The third-order valence-electron chi connectivity index (χ3n) is 1.80. The molecule has 0 heterocycles. The monoisotopic (exact) mass is 132 g/mol. The Hall–Kier alpha value is -0.120. The quantitative estimate of drug-likeness (QED) is 0.319. The van der Waals surface area contributed by atoms with Crippen LogP contribution >= 0.6 is 0 Å². The second kappa shape index (κ2) is 2.64. The molecule has 0 bridgehead atoms. The van der Waals surface area contributed by atoms with Gasteiger partial charge in [-0.3, -0.25) is 0 Å². The van der Waals surface area contributed by atoms with Crippen molar-refractivity contribution < 1.29 is 15.3 Å². The van der Waals surface area contributed by atoms with Crippen LogP contribution in [0.25, 0.3) is 0 Å². The van der Waals surface area contributed by atoms with Gasteiger partial charge in [0.1, 0.15) is 0 Å². The van der Waals surface area contributed by atoms with Crippen LogP contribution in [0.5, 0.6) is 0 Å². The van der Waals surface area contributed by atoms with Gasteiger partial charge in [-0.05, 0) is 12.8 Å². The van der Waals surface area contributed by atoms with Gasteiger partial charge in [0, 0.05) is 12.8 Å². The zero-order valence-corrected chi connectivity index (χ0v) is 5.34. The Labute approximate surface area is 54.2 Å². The fourth-order valence-corrected chi connectivity index (χ4v) is 1.20. The second-order valence-corrected chi connectivity index (χ2v) is 2.60. The first-order chi connectivity index (χ1) is 4.27. The van der Waals surface area contributed by atoms with E-state index in [1.807, 2.05) is 0 Å². The highest BCUT2D eigenvalue weighted by Crippen LogP contribution is 2.27. The molecule has 0 spiro atoms. The fourth-order valence-electron chi connectivity index (χ4n) is 1.20. The SMILES string of the molecule is OOC1(O)CCCCC1. The summed E-state index contributed by atoms with van der Waals surface area (Å²) >= 11 is 0. The molecule has 1 fully saturated rings. The minimum atomic E-state index is -1.22. The van der Waals surface area contributed by atoms with Gasteiger partial charge in [-0.1, -0.05) is 6.42 Å². The molecule has 54 valence electrons. The number of rotatable bonds is 1. The van der Waals surface area contributed by atoms with E-state index in [1.54, 1.807) is 0 Å². The molecule has 0 unspecified atom stereocenters. The maximum absolute atomic E-state index is 9.21. The van der Waals surface area contributed by atoms with Gasteiger partial charge >= 0.3 is 0 Å². The second-order valence-electron chi connectivity index (χ2n) is 2.60. The lowest BCUT2D eigenvalue weighted by molar-refractivity contribution is -0.399. The highest BCUT2D eigenvalue weighted by Gasteiger charge is 2.30. The molecular formula is C6H12O3. The van der Waals surface area contributed by atoms with E-state index in [0.717, 1.165) is 19.3 Å². The Balaban J connectivity index is 2.37.